The summed E-state index contributed by atoms with van der Waals surface area (Å²) in [6, 6.07) is 5.96. The number of hydrogen-bond donors (Lipinski definition) is 2. The van der Waals surface area contributed by atoms with Crippen molar-refractivity contribution < 1.29 is 28.2 Å². The molecule has 2 N–H and O–H groups in total. The van der Waals surface area contributed by atoms with Crippen molar-refractivity contribution in [3.8, 4) is 0 Å². The Morgan fingerprint density at radius 1 is 1.21 bits per heavy atom. The van der Waals surface area contributed by atoms with E-state index in [0.717, 1.165) is 6.07 Å². The zero-order valence-corrected chi connectivity index (χ0v) is 16.7. The van der Waals surface area contributed by atoms with Crippen LogP contribution in [-0.2, 0) is 14.3 Å². The normalized spacial score (nSPS) is 16.1. The van der Waals surface area contributed by atoms with Gasteiger partial charge in [-0.1, -0.05) is 23.7 Å². The van der Waals surface area contributed by atoms with Gasteiger partial charge < -0.3 is 20.1 Å². The van der Waals surface area contributed by atoms with Crippen LogP contribution in [0.15, 0.2) is 47.0 Å². The van der Waals surface area contributed by atoms with Crippen LogP contribution in [0.4, 0.5) is 9.18 Å². The van der Waals surface area contributed by atoms with Crippen LogP contribution in [0.5, 0.6) is 0 Å². The molecule has 1 aromatic carbocycles. The van der Waals surface area contributed by atoms with Gasteiger partial charge in [-0.15, -0.1) is 11.3 Å². The monoisotopic (exact) mass is 438 g/mol. The number of esters is 2. The predicted molar refractivity (Wildman–Crippen MR) is 104 cm³/mol. The molecule has 29 heavy (non-hydrogen) atoms. The van der Waals surface area contributed by atoms with Crippen LogP contribution in [0, 0.1) is 5.82 Å². The maximum Gasteiger partial charge on any atom is 0.343 e. The fourth-order valence-electron chi connectivity index (χ4n) is 2.75. The first-order valence-electron chi connectivity index (χ1n) is 8.54. The second kappa shape index (κ2) is 9.06. The summed E-state index contributed by atoms with van der Waals surface area (Å²) in [7, 11) is 0. The quantitative estimate of drug-likeness (QED) is 0.672. The van der Waals surface area contributed by atoms with E-state index in [1.807, 2.05) is 0 Å². The van der Waals surface area contributed by atoms with E-state index in [2.05, 4.69) is 10.6 Å². The van der Waals surface area contributed by atoms with E-state index < -0.39 is 42.0 Å². The number of ether oxygens (including phenoxy) is 2. The van der Waals surface area contributed by atoms with E-state index in [1.54, 1.807) is 24.4 Å². The summed E-state index contributed by atoms with van der Waals surface area (Å²) < 4.78 is 24.2. The van der Waals surface area contributed by atoms with Gasteiger partial charge in [0, 0.05) is 4.88 Å². The molecule has 7 nitrogen and oxygen atoms in total. The van der Waals surface area contributed by atoms with E-state index >= 15 is 0 Å². The highest BCUT2D eigenvalue weighted by Gasteiger charge is 2.35. The van der Waals surface area contributed by atoms with Gasteiger partial charge in [0.25, 0.3) is 0 Å². The minimum absolute atomic E-state index is 0.0476. The van der Waals surface area contributed by atoms with Crippen LogP contribution in [0.1, 0.15) is 28.2 Å². The average molecular weight is 439 g/mol. The van der Waals surface area contributed by atoms with Gasteiger partial charge in [0.05, 0.1) is 28.9 Å². The highest BCUT2D eigenvalue weighted by atomic mass is 35.5. The van der Waals surface area contributed by atoms with Gasteiger partial charge in [-0.05, 0) is 30.5 Å². The minimum Gasteiger partial charge on any atom is -0.463 e. The van der Waals surface area contributed by atoms with Gasteiger partial charge in [0.2, 0.25) is 0 Å². The van der Waals surface area contributed by atoms with Crippen molar-refractivity contribution >= 4 is 40.9 Å². The highest BCUT2D eigenvalue weighted by Crippen LogP contribution is 2.31. The molecule has 2 heterocycles. The molecule has 3 rings (SSSR count). The maximum absolute atomic E-state index is 13.9. The second-order valence-corrected chi connectivity index (χ2v) is 7.22. The van der Waals surface area contributed by atoms with E-state index in [-0.39, 0.29) is 22.9 Å². The SMILES string of the molecule is CCOC(=O)C1=C(COC(=O)c2c(F)cccc2Cl)NC(=O)N[C@@H]1c1cccs1. The summed E-state index contributed by atoms with van der Waals surface area (Å²) in [5.41, 5.74) is -0.282. The molecule has 0 bridgehead atoms. The zero-order valence-electron chi connectivity index (χ0n) is 15.2. The number of carbonyl (C=O) groups is 3. The Balaban J connectivity index is 1.92. The Morgan fingerprint density at radius 2 is 2.00 bits per heavy atom. The maximum atomic E-state index is 13.9. The molecule has 10 heteroatoms. The number of rotatable bonds is 6. The lowest BCUT2D eigenvalue weighted by atomic mass is 10.0. The molecule has 0 fully saturated rings. The number of benzene rings is 1. The van der Waals surface area contributed by atoms with Crippen molar-refractivity contribution in [1.82, 2.24) is 10.6 Å². The third kappa shape index (κ3) is 4.57. The number of nitrogens with one attached hydrogen (secondary N) is 2. The summed E-state index contributed by atoms with van der Waals surface area (Å²) in [6.07, 6.45) is 0. The summed E-state index contributed by atoms with van der Waals surface area (Å²) in [5, 5.41) is 6.81. The topological polar surface area (TPSA) is 93.7 Å². The molecule has 152 valence electrons. The lowest BCUT2D eigenvalue weighted by Gasteiger charge is -2.28. The molecule has 1 aliphatic heterocycles. The van der Waals surface area contributed by atoms with Crippen LogP contribution in [0.2, 0.25) is 5.02 Å². The summed E-state index contributed by atoms with van der Waals surface area (Å²) in [5.74, 6) is -2.54. The summed E-state index contributed by atoms with van der Waals surface area (Å²) in [6.45, 7) is 1.28. The van der Waals surface area contributed by atoms with Gasteiger partial charge in [0.1, 0.15) is 18.0 Å². The first-order chi connectivity index (χ1) is 13.9. The molecule has 0 aliphatic carbocycles. The average Bonchev–Trinajstić information content (AvgIpc) is 3.20. The Labute approximate surface area is 174 Å². The molecule has 0 saturated heterocycles. The molecule has 2 amide bonds. The smallest absolute Gasteiger partial charge is 0.343 e. The van der Waals surface area contributed by atoms with Crippen LogP contribution in [0.25, 0.3) is 0 Å². The van der Waals surface area contributed by atoms with E-state index in [9.17, 15) is 18.8 Å². The summed E-state index contributed by atoms with van der Waals surface area (Å²) in [4.78, 5) is 37.7. The molecule has 0 spiro atoms. The Kier molecular flexibility index (Phi) is 6.50. The van der Waals surface area contributed by atoms with Crippen molar-refractivity contribution in [3.63, 3.8) is 0 Å². The van der Waals surface area contributed by atoms with Crippen LogP contribution >= 0.6 is 22.9 Å². The van der Waals surface area contributed by atoms with Crippen LogP contribution < -0.4 is 10.6 Å². The van der Waals surface area contributed by atoms with Crippen molar-refractivity contribution in [3.05, 3.63) is 68.3 Å². The van der Waals surface area contributed by atoms with Crippen molar-refractivity contribution in [1.29, 1.82) is 0 Å². The standard InChI is InChI=1S/C19H16ClFN2O5S/c1-2-27-18(25)15-12(22-19(26)23-16(15)13-7-4-8-29-13)9-28-17(24)14-10(20)5-3-6-11(14)21/h3-8,16H,2,9H2,1H3,(H2,22,23,26)/t16-/m1/s1. The first-order valence-corrected chi connectivity index (χ1v) is 9.80. The van der Waals surface area contributed by atoms with Crippen LogP contribution in [0.3, 0.4) is 0 Å². The molecular weight excluding hydrogens is 423 g/mol. The van der Waals surface area contributed by atoms with E-state index in [0.29, 0.717) is 4.88 Å². The number of carbonyl (C=O) groups excluding carboxylic acids is 3. The van der Waals surface area contributed by atoms with Crippen LogP contribution in [-0.4, -0.2) is 31.2 Å². The van der Waals surface area contributed by atoms with E-state index in [4.69, 9.17) is 21.1 Å². The summed E-state index contributed by atoms with van der Waals surface area (Å²) >= 11 is 7.21. The lowest BCUT2D eigenvalue weighted by Crippen LogP contribution is -2.47. The Bertz CT molecular complexity index is 957. The third-order valence-corrected chi connectivity index (χ3v) is 5.24. The van der Waals surface area contributed by atoms with Gasteiger partial charge in [-0.25, -0.2) is 18.8 Å². The van der Waals surface area contributed by atoms with Crippen molar-refractivity contribution in [2.45, 2.75) is 13.0 Å². The molecular formula is C19H16ClFN2O5S. The first kappa shape index (κ1) is 20.8. The highest BCUT2D eigenvalue weighted by molar-refractivity contribution is 7.10. The van der Waals surface area contributed by atoms with E-state index in [1.165, 1.54) is 23.5 Å². The number of halogens is 2. The molecule has 0 saturated carbocycles. The molecule has 0 unspecified atom stereocenters. The molecule has 1 atom stereocenters. The molecule has 0 radical (unpaired) electrons. The minimum atomic E-state index is -1.02. The van der Waals surface area contributed by atoms with Gasteiger partial charge >= 0.3 is 18.0 Å². The van der Waals surface area contributed by atoms with Gasteiger partial charge in [-0.3, -0.25) is 0 Å². The van der Waals surface area contributed by atoms with Crippen molar-refractivity contribution in [2.24, 2.45) is 0 Å². The number of hydrogen-bond acceptors (Lipinski definition) is 6. The van der Waals surface area contributed by atoms with Gasteiger partial charge in [-0.2, -0.15) is 0 Å². The third-order valence-electron chi connectivity index (χ3n) is 3.99. The Hall–Kier alpha value is -2.91. The fourth-order valence-corrected chi connectivity index (χ4v) is 3.78. The fraction of sp³-hybridized carbons (Fsp3) is 0.211. The molecule has 1 aliphatic rings. The second-order valence-electron chi connectivity index (χ2n) is 5.83. The number of thiophene rings is 1. The Morgan fingerprint density at radius 3 is 2.66 bits per heavy atom. The van der Waals surface area contributed by atoms with Crippen molar-refractivity contribution in [2.75, 3.05) is 13.2 Å². The zero-order chi connectivity index (χ0) is 21.0. The number of amides is 2. The predicted octanol–water partition coefficient (Wildman–Crippen LogP) is 3.57. The van der Waals surface area contributed by atoms with Gasteiger partial charge in [0.15, 0.2) is 0 Å². The number of urea groups is 1. The largest absolute Gasteiger partial charge is 0.463 e. The molecule has 2 aromatic rings. The lowest BCUT2D eigenvalue weighted by molar-refractivity contribution is -0.139. The molecule has 1 aromatic heterocycles.